The van der Waals surface area contributed by atoms with Crippen LogP contribution in [0.25, 0.3) is 5.82 Å². The molecule has 10 heteroatoms. The zero-order valence-corrected chi connectivity index (χ0v) is 18.7. The molecule has 1 N–H and O–H groups in total. The molecule has 0 aliphatic rings. The number of likely N-dealkylation sites (N-methyl/N-ethyl adjacent to an activating group) is 1. The molecule has 0 spiro atoms. The van der Waals surface area contributed by atoms with Crippen molar-refractivity contribution >= 4 is 11.6 Å². The van der Waals surface area contributed by atoms with Gasteiger partial charge in [0.15, 0.2) is 5.82 Å². The van der Waals surface area contributed by atoms with Crippen molar-refractivity contribution in [2.75, 3.05) is 31.6 Å². The molecule has 0 bridgehead atoms. The maximum absolute atomic E-state index is 12.7. The van der Waals surface area contributed by atoms with Crippen molar-refractivity contribution < 1.29 is 22.7 Å². The molecule has 176 valence electrons. The molecule has 1 aromatic carbocycles. The van der Waals surface area contributed by atoms with Crippen molar-refractivity contribution in [2.24, 2.45) is 0 Å². The fourth-order valence-corrected chi connectivity index (χ4v) is 3.21. The summed E-state index contributed by atoms with van der Waals surface area (Å²) in [5.74, 6) is 0.504. The largest absolute Gasteiger partial charge is 0.492 e. The zero-order chi connectivity index (χ0) is 24.0. The lowest BCUT2D eigenvalue weighted by atomic mass is 10.2. The minimum Gasteiger partial charge on any atom is -0.492 e. The highest BCUT2D eigenvalue weighted by Gasteiger charge is 2.30. The Morgan fingerprint density at radius 1 is 1.09 bits per heavy atom. The van der Waals surface area contributed by atoms with Crippen LogP contribution < -0.4 is 10.1 Å². The first kappa shape index (κ1) is 24.2. The summed E-state index contributed by atoms with van der Waals surface area (Å²) in [4.78, 5) is 18.8. The SMILES string of the molecule is CCN(CC)CCOc1ccc(NC(=O)c2cnn(-c3ccc(C(F)(F)F)cn3)c2C)cc1. The van der Waals surface area contributed by atoms with Crippen LogP contribution in [0.15, 0.2) is 48.8 Å². The Morgan fingerprint density at radius 2 is 1.79 bits per heavy atom. The van der Waals surface area contributed by atoms with Crippen LogP contribution in [0.3, 0.4) is 0 Å². The van der Waals surface area contributed by atoms with Crippen LogP contribution in [-0.4, -0.2) is 51.8 Å². The Kier molecular flexibility index (Phi) is 7.70. The monoisotopic (exact) mass is 461 g/mol. The third kappa shape index (κ3) is 6.10. The zero-order valence-electron chi connectivity index (χ0n) is 18.7. The standard InChI is InChI=1S/C23H26F3N5O2/c1-4-30(5-2)12-13-33-19-9-7-18(8-10-19)29-22(32)20-15-28-31(16(20)3)21-11-6-17(14-27-21)23(24,25)26/h6-11,14-15H,4-5,12-13H2,1-3H3,(H,29,32). The maximum atomic E-state index is 12.7. The van der Waals surface area contributed by atoms with Crippen molar-refractivity contribution in [3.05, 3.63) is 65.6 Å². The number of aromatic nitrogens is 3. The number of alkyl halides is 3. The molecule has 2 aromatic heterocycles. The number of carbonyl (C=O) groups excluding carboxylic acids is 1. The van der Waals surface area contributed by atoms with Gasteiger partial charge in [0.25, 0.3) is 5.91 Å². The highest BCUT2D eigenvalue weighted by atomic mass is 19.4. The molecule has 33 heavy (non-hydrogen) atoms. The normalized spacial score (nSPS) is 11.6. The van der Waals surface area contributed by atoms with Crippen molar-refractivity contribution in [3.8, 4) is 11.6 Å². The average molecular weight is 461 g/mol. The minimum atomic E-state index is -4.47. The topological polar surface area (TPSA) is 72.3 Å². The van der Waals surface area contributed by atoms with Gasteiger partial charge in [-0.2, -0.15) is 18.3 Å². The lowest BCUT2D eigenvalue weighted by molar-refractivity contribution is -0.137. The van der Waals surface area contributed by atoms with E-state index in [2.05, 4.69) is 34.1 Å². The van der Waals surface area contributed by atoms with E-state index in [4.69, 9.17) is 4.74 Å². The molecule has 0 fully saturated rings. The number of benzene rings is 1. The van der Waals surface area contributed by atoms with Crippen LogP contribution in [-0.2, 0) is 6.18 Å². The van der Waals surface area contributed by atoms with Crippen LogP contribution >= 0.6 is 0 Å². The molecular formula is C23H26F3N5O2. The molecule has 0 radical (unpaired) electrons. The van der Waals surface area contributed by atoms with E-state index in [1.54, 1.807) is 31.2 Å². The van der Waals surface area contributed by atoms with Crippen LogP contribution in [0, 0.1) is 6.92 Å². The summed E-state index contributed by atoms with van der Waals surface area (Å²) in [6.45, 7) is 9.20. The number of rotatable bonds is 9. The number of halogens is 3. The summed E-state index contributed by atoms with van der Waals surface area (Å²) in [6, 6.07) is 9.17. The molecule has 0 atom stereocenters. The fraction of sp³-hybridized carbons (Fsp3) is 0.348. The summed E-state index contributed by atoms with van der Waals surface area (Å²) in [5.41, 5.74) is 0.470. The molecule has 7 nitrogen and oxygen atoms in total. The second-order valence-corrected chi connectivity index (χ2v) is 7.31. The van der Waals surface area contributed by atoms with Gasteiger partial charge in [0.2, 0.25) is 0 Å². The van der Waals surface area contributed by atoms with E-state index >= 15 is 0 Å². The Labute approximate surface area is 190 Å². The van der Waals surface area contributed by atoms with E-state index in [9.17, 15) is 18.0 Å². The van der Waals surface area contributed by atoms with Gasteiger partial charge in [0, 0.05) is 18.4 Å². The number of carbonyl (C=O) groups is 1. The summed E-state index contributed by atoms with van der Waals surface area (Å²) < 4.78 is 45.3. The van der Waals surface area contributed by atoms with Gasteiger partial charge in [0.05, 0.1) is 23.0 Å². The number of amides is 1. The Balaban J connectivity index is 1.62. The number of anilines is 1. The molecule has 0 aliphatic carbocycles. The predicted molar refractivity (Wildman–Crippen MR) is 119 cm³/mol. The molecular weight excluding hydrogens is 435 g/mol. The molecule has 2 heterocycles. The third-order valence-corrected chi connectivity index (χ3v) is 5.23. The maximum Gasteiger partial charge on any atom is 0.417 e. The predicted octanol–water partition coefficient (Wildman–Crippen LogP) is 4.57. The number of hydrogen-bond donors (Lipinski definition) is 1. The lowest BCUT2D eigenvalue weighted by Gasteiger charge is -2.18. The molecule has 3 rings (SSSR count). The van der Waals surface area contributed by atoms with E-state index in [1.165, 1.54) is 16.9 Å². The average Bonchev–Trinajstić information content (AvgIpc) is 3.18. The second-order valence-electron chi connectivity index (χ2n) is 7.31. The molecule has 1 amide bonds. The first-order chi connectivity index (χ1) is 15.7. The van der Waals surface area contributed by atoms with Crippen molar-refractivity contribution in [3.63, 3.8) is 0 Å². The third-order valence-electron chi connectivity index (χ3n) is 5.23. The summed E-state index contributed by atoms with van der Waals surface area (Å²) in [5, 5.41) is 6.89. The molecule has 0 unspecified atom stereocenters. The van der Waals surface area contributed by atoms with Gasteiger partial charge in [-0.05, 0) is 56.4 Å². The summed E-state index contributed by atoms with van der Waals surface area (Å²) in [7, 11) is 0. The van der Waals surface area contributed by atoms with E-state index in [-0.39, 0.29) is 17.3 Å². The van der Waals surface area contributed by atoms with Gasteiger partial charge in [-0.1, -0.05) is 13.8 Å². The number of pyridine rings is 1. The molecule has 3 aromatic rings. The van der Waals surface area contributed by atoms with E-state index < -0.39 is 11.7 Å². The number of ether oxygens (including phenoxy) is 1. The number of hydrogen-bond acceptors (Lipinski definition) is 5. The van der Waals surface area contributed by atoms with E-state index in [0.717, 1.165) is 31.9 Å². The van der Waals surface area contributed by atoms with Crippen LogP contribution in [0.1, 0.15) is 35.5 Å². The number of nitrogens with zero attached hydrogens (tertiary/aromatic N) is 4. The fourth-order valence-electron chi connectivity index (χ4n) is 3.21. The highest BCUT2D eigenvalue weighted by molar-refractivity contribution is 6.05. The van der Waals surface area contributed by atoms with Gasteiger partial charge < -0.3 is 15.0 Å². The van der Waals surface area contributed by atoms with Crippen LogP contribution in [0.2, 0.25) is 0 Å². The second kappa shape index (κ2) is 10.5. The highest BCUT2D eigenvalue weighted by Crippen LogP contribution is 2.29. The molecule has 0 saturated carbocycles. The van der Waals surface area contributed by atoms with E-state index in [0.29, 0.717) is 23.7 Å². The Morgan fingerprint density at radius 3 is 2.36 bits per heavy atom. The Bertz CT molecular complexity index is 1060. The van der Waals surface area contributed by atoms with Gasteiger partial charge in [-0.25, -0.2) is 9.67 Å². The van der Waals surface area contributed by atoms with Gasteiger partial charge >= 0.3 is 6.18 Å². The van der Waals surface area contributed by atoms with Gasteiger partial charge in [-0.15, -0.1) is 0 Å². The van der Waals surface area contributed by atoms with Crippen molar-refractivity contribution in [2.45, 2.75) is 26.9 Å². The van der Waals surface area contributed by atoms with E-state index in [1.807, 2.05) is 0 Å². The van der Waals surface area contributed by atoms with Gasteiger partial charge in [-0.3, -0.25) is 4.79 Å². The Hall–Kier alpha value is -3.40. The summed E-state index contributed by atoms with van der Waals surface area (Å²) >= 11 is 0. The van der Waals surface area contributed by atoms with Crippen LogP contribution in [0.4, 0.5) is 18.9 Å². The van der Waals surface area contributed by atoms with Gasteiger partial charge in [0.1, 0.15) is 12.4 Å². The smallest absolute Gasteiger partial charge is 0.417 e. The molecule has 0 saturated heterocycles. The molecule has 0 aliphatic heterocycles. The lowest BCUT2D eigenvalue weighted by Crippen LogP contribution is -2.27. The minimum absolute atomic E-state index is 0.186. The number of nitrogens with one attached hydrogen (secondary N) is 1. The summed E-state index contributed by atoms with van der Waals surface area (Å²) in [6.07, 6.45) is -2.38. The first-order valence-corrected chi connectivity index (χ1v) is 10.6. The first-order valence-electron chi connectivity index (χ1n) is 10.6. The van der Waals surface area contributed by atoms with Crippen LogP contribution in [0.5, 0.6) is 5.75 Å². The van der Waals surface area contributed by atoms with Crippen molar-refractivity contribution in [1.82, 2.24) is 19.7 Å². The van der Waals surface area contributed by atoms with Crippen molar-refractivity contribution in [1.29, 1.82) is 0 Å². The quantitative estimate of drug-likeness (QED) is 0.506.